The van der Waals surface area contributed by atoms with Gasteiger partial charge in [-0.2, -0.15) is 0 Å². The van der Waals surface area contributed by atoms with Gasteiger partial charge in [-0.1, -0.05) is 0 Å². The summed E-state index contributed by atoms with van der Waals surface area (Å²) in [6, 6.07) is 9.49. The van der Waals surface area contributed by atoms with Crippen molar-refractivity contribution in [1.29, 1.82) is 0 Å². The summed E-state index contributed by atoms with van der Waals surface area (Å²) in [5.41, 5.74) is 0.690. The largest absolute Gasteiger partial charge is 0.491 e. The number of ether oxygens (including phenoxy) is 2. The Labute approximate surface area is 179 Å². The third-order valence-electron chi connectivity index (χ3n) is 5.67. The summed E-state index contributed by atoms with van der Waals surface area (Å²) in [4.78, 5) is 26.9. The predicted octanol–water partition coefficient (Wildman–Crippen LogP) is 3.21. The van der Waals surface area contributed by atoms with Crippen LogP contribution in [0.5, 0.6) is 5.75 Å². The lowest BCUT2D eigenvalue weighted by atomic mass is 10.1. The van der Waals surface area contributed by atoms with Crippen molar-refractivity contribution in [3.8, 4) is 5.75 Å². The van der Waals surface area contributed by atoms with E-state index in [-0.39, 0.29) is 12.0 Å². The Morgan fingerprint density at radius 2 is 1.97 bits per heavy atom. The second-order valence-electron chi connectivity index (χ2n) is 7.59. The monoisotopic (exact) mass is 424 g/mol. The van der Waals surface area contributed by atoms with Crippen LogP contribution in [0.1, 0.15) is 23.2 Å². The van der Waals surface area contributed by atoms with Crippen molar-refractivity contribution in [2.45, 2.75) is 18.9 Å². The molecule has 2 aliphatic rings. The zero-order valence-electron chi connectivity index (χ0n) is 16.7. The second kappa shape index (κ2) is 8.57. The number of anilines is 1. The van der Waals surface area contributed by atoms with Gasteiger partial charge in [-0.3, -0.25) is 4.79 Å². The van der Waals surface area contributed by atoms with Gasteiger partial charge in [0.05, 0.1) is 11.5 Å². The molecule has 0 spiro atoms. The number of aromatic nitrogens is 2. The average Bonchev–Trinajstić information content (AvgIpc) is 3.49. The highest BCUT2D eigenvalue weighted by atomic mass is 32.1. The topological polar surface area (TPSA) is 67.8 Å². The number of piperazine rings is 1. The van der Waals surface area contributed by atoms with Gasteiger partial charge in [0.15, 0.2) is 0 Å². The third-order valence-corrected chi connectivity index (χ3v) is 6.49. The van der Waals surface area contributed by atoms with Crippen LogP contribution >= 0.6 is 11.3 Å². The number of carbonyl (C=O) groups excluding carboxylic acids is 1. The van der Waals surface area contributed by atoms with E-state index < -0.39 is 0 Å². The average molecular weight is 425 g/mol. The smallest absolute Gasteiger partial charge is 0.253 e. The molecule has 1 aromatic carbocycles. The minimum Gasteiger partial charge on any atom is -0.491 e. The van der Waals surface area contributed by atoms with Crippen molar-refractivity contribution in [2.24, 2.45) is 0 Å². The SMILES string of the molecule is O=C(c1ccc(OCC2CCCO2)cc1)N1CCN(c2ncnc3sccc23)CC1. The van der Waals surface area contributed by atoms with Gasteiger partial charge in [0, 0.05) is 38.3 Å². The van der Waals surface area contributed by atoms with Gasteiger partial charge in [-0.15, -0.1) is 11.3 Å². The normalized spacial score (nSPS) is 19.4. The fraction of sp³-hybridized carbons (Fsp3) is 0.409. The molecule has 1 amide bonds. The first-order valence-electron chi connectivity index (χ1n) is 10.3. The van der Waals surface area contributed by atoms with Crippen molar-refractivity contribution in [3.05, 3.63) is 47.6 Å². The Balaban J connectivity index is 1.18. The highest BCUT2D eigenvalue weighted by Gasteiger charge is 2.24. The molecule has 1 unspecified atom stereocenters. The van der Waals surface area contributed by atoms with Gasteiger partial charge < -0.3 is 19.3 Å². The fourth-order valence-electron chi connectivity index (χ4n) is 3.99. The molecule has 0 N–H and O–H groups in total. The van der Waals surface area contributed by atoms with Crippen molar-refractivity contribution in [3.63, 3.8) is 0 Å². The predicted molar refractivity (Wildman–Crippen MR) is 116 cm³/mol. The standard InChI is InChI=1S/C22H24N4O3S/c27-22(16-3-5-17(6-4-16)29-14-18-2-1-12-28-18)26-10-8-25(9-11-26)20-19-7-13-30-21(19)24-15-23-20/h3-7,13,15,18H,1-2,8-12,14H2. The maximum atomic E-state index is 12.9. The van der Waals surface area contributed by atoms with Crippen LogP contribution in [0.2, 0.25) is 0 Å². The molecule has 5 rings (SSSR count). The first-order chi connectivity index (χ1) is 14.8. The lowest BCUT2D eigenvalue weighted by Gasteiger charge is -2.35. The van der Waals surface area contributed by atoms with Crippen molar-refractivity contribution in [2.75, 3.05) is 44.3 Å². The molecule has 0 bridgehead atoms. The van der Waals surface area contributed by atoms with Gasteiger partial charge in [0.1, 0.15) is 29.3 Å². The number of thiophene rings is 1. The van der Waals surface area contributed by atoms with Crippen LogP contribution in [0.3, 0.4) is 0 Å². The van der Waals surface area contributed by atoms with Crippen molar-refractivity contribution >= 4 is 33.3 Å². The van der Waals surface area contributed by atoms with E-state index in [9.17, 15) is 4.79 Å². The first-order valence-corrected chi connectivity index (χ1v) is 11.2. The summed E-state index contributed by atoms with van der Waals surface area (Å²) in [5, 5.41) is 3.12. The van der Waals surface area contributed by atoms with Crippen molar-refractivity contribution < 1.29 is 14.3 Å². The molecule has 3 aromatic rings. The fourth-order valence-corrected chi connectivity index (χ4v) is 4.72. The van der Waals surface area contributed by atoms with E-state index in [2.05, 4.69) is 20.9 Å². The van der Waals surface area contributed by atoms with Gasteiger partial charge in [0.2, 0.25) is 0 Å². The van der Waals surface area contributed by atoms with Crippen LogP contribution in [0.25, 0.3) is 10.2 Å². The van der Waals surface area contributed by atoms with Crippen LogP contribution in [-0.2, 0) is 4.74 Å². The molecule has 2 aromatic heterocycles. The number of amides is 1. The van der Waals surface area contributed by atoms with Gasteiger partial charge in [-0.25, -0.2) is 9.97 Å². The lowest BCUT2D eigenvalue weighted by Crippen LogP contribution is -2.49. The van der Waals surface area contributed by atoms with E-state index in [1.807, 2.05) is 34.5 Å². The number of benzene rings is 1. The van der Waals surface area contributed by atoms with E-state index in [0.29, 0.717) is 25.3 Å². The summed E-state index contributed by atoms with van der Waals surface area (Å²) < 4.78 is 11.4. The molecular formula is C22H24N4O3S. The van der Waals surface area contributed by atoms with Crippen LogP contribution in [0, 0.1) is 0 Å². The van der Waals surface area contributed by atoms with E-state index in [4.69, 9.17) is 9.47 Å². The highest BCUT2D eigenvalue weighted by Crippen LogP contribution is 2.27. The summed E-state index contributed by atoms with van der Waals surface area (Å²) >= 11 is 1.62. The molecule has 30 heavy (non-hydrogen) atoms. The summed E-state index contributed by atoms with van der Waals surface area (Å²) in [6.45, 7) is 4.25. The molecule has 1 atom stereocenters. The van der Waals surface area contributed by atoms with E-state index >= 15 is 0 Å². The van der Waals surface area contributed by atoms with Crippen LogP contribution in [0.4, 0.5) is 5.82 Å². The Kier molecular flexibility index (Phi) is 5.50. The van der Waals surface area contributed by atoms with Crippen LogP contribution < -0.4 is 9.64 Å². The maximum absolute atomic E-state index is 12.9. The molecule has 7 nitrogen and oxygen atoms in total. The summed E-state index contributed by atoms with van der Waals surface area (Å²) in [5.74, 6) is 1.79. The molecule has 156 valence electrons. The number of rotatable bonds is 5. The number of hydrogen-bond acceptors (Lipinski definition) is 7. The lowest BCUT2D eigenvalue weighted by molar-refractivity contribution is 0.0678. The second-order valence-corrected chi connectivity index (χ2v) is 8.48. The zero-order valence-corrected chi connectivity index (χ0v) is 17.5. The van der Waals surface area contributed by atoms with E-state index in [1.165, 1.54) is 0 Å². The molecule has 0 radical (unpaired) electrons. The molecule has 8 heteroatoms. The van der Waals surface area contributed by atoms with Gasteiger partial charge >= 0.3 is 0 Å². The number of carbonyl (C=O) groups is 1. The Morgan fingerprint density at radius 1 is 1.13 bits per heavy atom. The molecule has 2 fully saturated rings. The maximum Gasteiger partial charge on any atom is 0.253 e. The quantitative estimate of drug-likeness (QED) is 0.627. The Hall–Kier alpha value is -2.71. The minimum absolute atomic E-state index is 0.0590. The molecule has 0 aliphatic carbocycles. The first kappa shape index (κ1) is 19.3. The third kappa shape index (κ3) is 3.97. The minimum atomic E-state index is 0.0590. The molecular weight excluding hydrogens is 400 g/mol. The number of nitrogens with zero attached hydrogens (tertiary/aromatic N) is 4. The molecule has 2 saturated heterocycles. The van der Waals surface area contributed by atoms with Gasteiger partial charge in [0.25, 0.3) is 5.91 Å². The van der Waals surface area contributed by atoms with Gasteiger partial charge in [-0.05, 0) is 48.6 Å². The Bertz CT molecular complexity index is 1010. The van der Waals surface area contributed by atoms with Crippen molar-refractivity contribution in [1.82, 2.24) is 14.9 Å². The molecule has 2 aliphatic heterocycles. The molecule has 0 saturated carbocycles. The van der Waals surface area contributed by atoms with Crippen LogP contribution in [-0.4, -0.2) is 66.3 Å². The highest BCUT2D eigenvalue weighted by molar-refractivity contribution is 7.16. The Morgan fingerprint density at radius 3 is 2.73 bits per heavy atom. The zero-order chi connectivity index (χ0) is 20.3. The summed E-state index contributed by atoms with van der Waals surface area (Å²) in [6.07, 6.45) is 3.96. The van der Waals surface area contributed by atoms with E-state index in [1.54, 1.807) is 17.7 Å². The number of hydrogen-bond donors (Lipinski definition) is 0. The van der Waals surface area contributed by atoms with Crippen LogP contribution in [0.15, 0.2) is 42.0 Å². The number of fused-ring (bicyclic) bond motifs is 1. The van der Waals surface area contributed by atoms with E-state index in [0.717, 1.165) is 54.3 Å². The molecule has 4 heterocycles. The summed E-state index contributed by atoms with van der Waals surface area (Å²) in [7, 11) is 0.